The van der Waals surface area contributed by atoms with Gasteiger partial charge in [-0.15, -0.1) is 0 Å². The van der Waals surface area contributed by atoms with Gasteiger partial charge in [0.2, 0.25) is 5.95 Å². The molecule has 0 radical (unpaired) electrons. The van der Waals surface area contributed by atoms with E-state index in [9.17, 15) is 9.59 Å². The Kier molecular flexibility index (Phi) is 3.51. The van der Waals surface area contributed by atoms with Crippen molar-refractivity contribution < 1.29 is 0 Å². The third kappa shape index (κ3) is 2.46. The number of para-hydroxylation sites is 2. The van der Waals surface area contributed by atoms with Crippen LogP contribution in [-0.4, -0.2) is 29.3 Å². The van der Waals surface area contributed by atoms with Gasteiger partial charge < -0.3 is 9.55 Å². The molecule has 8 nitrogen and oxygen atoms in total. The van der Waals surface area contributed by atoms with Gasteiger partial charge in [0.05, 0.1) is 28.5 Å². The minimum atomic E-state index is -0.258. The molecule has 0 aliphatic heterocycles. The highest BCUT2D eigenvalue weighted by Crippen LogP contribution is 2.16. The molecule has 1 aromatic carbocycles. The average molecular weight is 372 g/mol. The van der Waals surface area contributed by atoms with Crippen molar-refractivity contribution in [2.24, 2.45) is 0 Å². The summed E-state index contributed by atoms with van der Waals surface area (Å²) in [6.07, 6.45) is 3.39. The second-order valence-electron chi connectivity index (χ2n) is 6.63. The van der Waals surface area contributed by atoms with Crippen LogP contribution in [0.5, 0.6) is 0 Å². The third-order valence-electron chi connectivity index (χ3n) is 4.87. The molecule has 0 aliphatic carbocycles. The fourth-order valence-electron chi connectivity index (χ4n) is 3.47. The molecule has 2 N–H and O–H groups in total. The lowest BCUT2D eigenvalue weighted by Crippen LogP contribution is -2.24. The van der Waals surface area contributed by atoms with Crippen LogP contribution in [-0.2, 0) is 6.54 Å². The molecule has 0 saturated heterocycles. The van der Waals surface area contributed by atoms with Crippen molar-refractivity contribution >= 4 is 21.9 Å². The van der Waals surface area contributed by atoms with Crippen molar-refractivity contribution in [3.63, 3.8) is 0 Å². The molecule has 0 atom stereocenters. The molecule has 5 rings (SSSR count). The van der Waals surface area contributed by atoms with E-state index in [1.165, 1.54) is 10.7 Å². The highest BCUT2D eigenvalue weighted by molar-refractivity contribution is 5.81. The predicted molar refractivity (Wildman–Crippen MR) is 106 cm³/mol. The first-order valence-electron chi connectivity index (χ1n) is 8.81. The number of aromatic nitrogens is 6. The normalized spacial score (nSPS) is 11.5. The molecule has 28 heavy (non-hydrogen) atoms. The third-order valence-corrected chi connectivity index (χ3v) is 4.87. The smallest absolute Gasteiger partial charge is 0.283 e. The van der Waals surface area contributed by atoms with E-state index in [2.05, 4.69) is 20.1 Å². The van der Waals surface area contributed by atoms with E-state index in [1.807, 2.05) is 36.4 Å². The van der Waals surface area contributed by atoms with Gasteiger partial charge in [-0.05, 0) is 30.7 Å². The minimum absolute atomic E-state index is 0.188. The molecular weight excluding hydrogens is 356 g/mol. The molecule has 138 valence electrons. The number of fused-ring (bicyclic) bond motifs is 2. The summed E-state index contributed by atoms with van der Waals surface area (Å²) < 4.78 is 2.92. The number of benzene rings is 1. The summed E-state index contributed by atoms with van der Waals surface area (Å²) >= 11 is 0. The van der Waals surface area contributed by atoms with Gasteiger partial charge in [-0.25, -0.2) is 4.98 Å². The summed E-state index contributed by atoms with van der Waals surface area (Å²) in [6.45, 7) is 2.13. The Balaban J connectivity index is 1.70. The molecule has 8 heteroatoms. The zero-order valence-electron chi connectivity index (χ0n) is 15.0. The molecule has 0 aliphatic rings. The van der Waals surface area contributed by atoms with Gasteiger partial charge in [0, 0.05) is 24.2 Å². The van der Waals surface area contributed by atoms with Gasteiger partial charge in [0.15, 0.2) is 0 Å². The molecule has 4 aromatic heterocycles. The summed E-state index contributed by atoms with van der Waals surface area (Å²) in [5.41, 5.74) is 3.11. The van der Waals surface area contributed by atoms with Crippen LogP contribution in [0.4, 0.5) is 0 Å². The zero-order valence-corrected chi connectivity index (χ0v) is 15.0. The number of aryl methyl sites for hydroxylation is 1. The number of aromatic amines is 2. The second-order valence-corrected chi connectivity index (χ2v) is 6.63. The number of nitrogens with zero attached hydrogens (tertiary/aromatic N) is 4. The van der Waals surface area contributed by atoms with Gasteiger partial charge in [-0.2, -0.15) is 4.68 Å². The number of rotatable bonds is 3. The van der Waals surface area contributed by atoms with Gasteiger partial charge in [0.1, 0.15) is 0 Å². The molecule has 0 spiro atoms. The van der Waals surface area contributed by atoms with Crippen molar-refractivity contribution in [2.75, 3.05) is 0 Å². The van der Waals surface area contributed by atoms with Crippen LogP contribution in [0.15, 0.2) is 64.4 Å². The van der Waals surface area contributed by atoms with Crippen molar-refractivity contribution in [1.29, 1.82) is 0 Å². The summed E-state index contributed by atoms with van der Waals surface area (Å²) in [7, 11) is 0. The maximum atomic E-state index is 13.1. The number of nitrogens with one attached hydrogen (secondary N) is 2. The summed E-state index contributed by atoms with van der Waals surface area (Å²) in [6, 6.07) is 12.7. The van der Waals surface area contributed by atoms with Crippen molar-refractivity contribution in [2.45, 2.75) is 13.5 Å². The molecular formula is C20H16N6O2. The lowest BCUT2D eigenvalue weighted by atomic mass is 10.2. The lowest BCUT2D eigenvalue weighted by Gasteiger charge is -2.09. The monoisotopic (exact) mass is 372 g/mol. The van der Waals surface area contributed by atoms with Crippen LogP contribution in [0.1, 0.15) is 11.3 Å². The van der Waals surface area contributed by atoms with Gasteiger partial charge in [0.25, 0.3) is 11.1 Å². The Morgan fingerprint density at radius 2 is 1.93 bits per heavy atom. The van der Waals surface area contributed by atoms with Crippen LogP contribution in [0.25, 0.3) is 27.9 Å². The highest BCUT2D eigenvalue weighted by Gasteiger charge is 2.17. The first-order valence-corrected chi connectivity index (χ1v) is 8.81. The molecule has 0 bridgehead atoms. The van der Waals surface area contributed by atoms with E-state index in [1.54, 1.807) is 23.9 Å². The van der Waals surface area contributed by atoms with E-state index in [0.29, 0.717) is 29.1 Å². The molecule has 4 heterocycles. The van der Waals surface area contributed by atoms with E-state index in [4.69, 9.17) is 0 Å². The van der Waals surface area contributed by atoms with E-state index in [-0.39, 0.29) is 11.1 Å². The number of imidazole rings is 1. The Bertz CT molecular complexity index is 1410. The summed E-state index contributed by atoms with van der Waals surface area (Å²) in [5, 5.41) is 3.46. The van der Waals surface area contributed by atoms with Crippen LogP contribution < -0.4 is 11.1 Å². The quantitative estimate of drug-likeness (QED) is 0.506. The largest absolute Gasteiger partial charge is 0.322 e. The number of pyridine rings is 2. The van der Waals surface area contributed by atoms with Crippen molar-refractivity contribution in [3.05, 3.63) is 86.8 Å². The Hall–Kier alpha value is -3.94. The standard InChI is InChI=1S/C20H16N6O2/c1-12-18-16(9-17(27)25(12)11-13-5-4-8-21-10-13)24-26(19(18)28)20-22-14-6-2-3-7-15(14)23-20/h2-10,24H,11H2,1H3,(H,22,23). The van der Waals surface area contributed by atoms with Crippen molar-refractivity contribution in [1.82, 2.24) is 29.3 Å². The minimum Gasteiger partial charge on any atom is -0.322 e. The topological polar surface area (TPSA) is 101 Å². The first-order chi connectivity index (χ1) is 13.6. The fourth-order valence-corrected chi connectivity index (χ4v) is 3.47. The zero-order chi connectivity index (χ0) is 19.3. The van der Waals surface area contributed by atoms with Crippen LogP contribution >= 0.6 is 0 Å². The van der Waals surface area contributed by atoms with Gasteiger partial charge >= 0.3 is 0 Å². The lowest BCUT2D eigenvalue weighted by molar-refractivity contribution is 0.735. The Morgan fingerprint density at radius 3 is 2.71 bits per heavy atom. The number of hydrogen-bond acceptors (Lipinski definition) is 4. The molecule has 0 saturated carbocycles. The van der Waals surface area contributed by atoms with E-state index < -0.39 is 0 Å². The van der Waals surface area contributed by atoms with Crippen LogP contribution in [0, 0.1) is 6.92 Å². The highest BCUT2D eigenvalue weighted by atomic mass is 16.1. The van der Waals surface area contributed by atoms with Crippen LogP contribution in [0.3, 0.4) is 0 Å². The number of H-pyrrole nitrogens is 2. The van der Waals surface area contributed by atoms with E-state index in [0.717, 1.165) is 16.6 Å². The van der Waals surface area contributed by atoms with Crippen LogP contribution in [0.2, 0.25) is 0 Å². The SMILES string of the molecule is Cc1c2c(=O)n(-c3nc4ccccc4[nH]3)[nH]c2cc(=O)n1Cc1cccnc1. The van der Waals surface area contributed by atoms with Gasteiger partial charge in [-0.3, -0.25) is 19.7 Å². The Labute approximate surface area is 158 Å². The summed E-state index contributed by atoms with van der Waals surface area (Å²) in [5.74, 6) is 0.382. The molecule has 0 unspecified atom stereocenters. The number of hydrogen-bond donors (Lipinski definition) is 2. The molecule has 0 amide bonds. The molecule has 5 aromatic rings. The maximum Gasteiger partial charge on any atom is 0.283 e. The maximum absolute atomic E-state index is 13.1. The molecule has 0 fully saturated rings. The summed E-state index contributed by atoms with van der Waals surface area (Å²) in [4.78, 5) is 37.4. The first kappa shape index (κ1) is 16.2. The second kappa shape index (κ2) is 6.05. The predicted octanol–water partition coefficient (Wildman–Crippen LogP) is 2.11. The average Bonchev–Trinajstić information content (AvgIpc) is 3.27. The fraction of sp³-hybridized carbons (Fsp3) is 0.100. The van der Waals surface area contributed by atoms with E-state index >= 15 is 0 Å². The van der Waals surface area contributed by atoms with Gasteiger partial charge in [-0.1, -0.05) is 18.2 Å². The van der Waals surface area contributed by atoms with Crippen molar-refractivity contribution in [3.8, 4) is 5.95 Å². The Morgan fingerprint density at radius 1 is 1.07 bits per heavy atom.